The molecule has 2 aliphatic heterocycles. The highest BCUT2D eigenvalue weighted by Crippen LogP contribution is 2.28. The molecule has 2 fully saturated rings. The van der Waals surface area contributed by atoms with Gasteiger partial charge in [0.15, 0.2) is 0 Å². The highest BCUT2D eigenvalue weighted by molar-refractivity contribution is 5.66. The third kappa shape index (κ3) is 5.55. The molecular weight excluding hydrogens is 354 g/mol. The maximum absolute atomic E-state index is 11.2. The third-order valence-electron chi connectivity index (χ3n) is 6.31. The van der Waals surface area contributed by atoms with E-state index < -0.39 is 5.97 Å². The van der Waals surface area contributed by atoms with Gasteiger partial charge in [-0.15, -0.1) is 0 Å². The monoisotopic (exact) mass is 391 g/mol. The first-order chi connectivity index (χ1) is 13.2. The second-order valence-electron chi connectivity index (χ2n) is 9.65. The molecule has 0 amide bonds. The van der Waals surface area contributed by atoms with Crippen LogP contribution in [-0.4, -0.2) is 88.3 Å². The van der Waals surface area contributed by atoms with Crippen molar-refractivity contribution in [3.8, 4) is 0 Å². The van der Waals surface area contributed by atoms with Crippen LogP contribution in [0.5, 0.6) is 0 Å². The predicted octanol–water partition coefficient (Wildman–Crippen LogP) is 2.01. The fraction of sp³-hybridized carbons (Fsp3) is 0.810. The SMILES string of the molecule is CN1CCN([C@@H]2CCN(Cc3cc(C(C)(C)C)n[nH]3)C[C@@H]2CCC(=O)O)CC1. The van der Waals surface area contributed by atoms with Gasteiger partial charge in [-0.2, -0.15) is 5.10 Å². The Morgan fingerprint density at radius 2 is 1.96 bits per heavy atom. The number of aliphatic carboxylic acids is 1. The number of nitrogens with one attached hydrogen (secondary N) is 1. The Hall–Kier alpha value is -1.44. The normalized spacial score (nSPS) is 25.9. The molecule has 1 aromatic heterocycles. The molecule has 1 aromatic rings. The number of aromatic amines is 1. The summed E-state index contributed by atoms with van der Waals surface area (Å²) in [5.74, 6) is -0.268. The van der Waals surface area contributed by atoms with Crippen molar-refractivity contribution in [2.75, 3.05) is 46.3 Å². The molecule has 3 rings (SSSR count). The minimum Gasteiger partial charge on any atom is -0.481 e. The van der Waals surface area contributed by atoms with Gasteiger partial charge in [0.25, 0.3) is 0 Å². The number of nitrogens with zero attached hydrogens (tertiary/aromatic N) is 4. The number of hydrogen-bond acceptors (Lipinski definition) is 5. The van der Waals surface area contributed by atoms with E-state index >= 15 is 0 Å². The zero-order chi connectivity index (χ0) is 20.3. The van der Waals surface area contributed by atoms with Gasteiger partial charge in [0.05, 0.1) is 5.69 Å². The number of aromatic nitrogens is 2. The van der Waals surface area contributed by atoms with Crippen LogP contribution in [0, 0.1) is 5.92 Å². The van der Waals surface area contributed by atoms with E-state index in [1.807, 2.05) is 0 Å². The zero-order valence-corrected chi connectivity index (χ0v) is 17.9. The van der Waals surface area contributed by atoms with Gasteiger partial charge in [0, 0.05) is 69.4 Å². The van der Waals surface area contributed by atoms with E-state index in [1.54, 1.807) is 0 Å². The first-order valence-corrected chi connectivity index (χ1v) is 10.6. The quantitative estimate of drug-likeness (QED) is 0.773. The van der Waals surface area contributed by atoms with Crippen LogP contribution >= 0.6 is 0 Å². The molecular formula is C21H37N5O2. The van der Waals surface area contributed by atoms with E-state index in [-0.39, 0.29) is 11.8 Å². The van der Waals surface area contributed by atoms with Crippen molar-refractivity contribution in [2.24, 2.45) is 5.92 Å². The van der Waals surface area contributed by atoms with Crippen molar-refractivity contribution >= 4 is 5.97 Å². The Morgan fingerprint density at radius 1 is 1.25 bits per heavy atom. The standard InChI is InChI=1S/C21H37N5O2/c1-21(2,3)19-13-17(22-23-19)15-25-8-7-18(16(14-25)5-6-20(27)28)26-11-9-24(4)10-12-26/h13,16,18H,5-12,14-15H2,1-4H3,(H,22,23)(H,27,28)/t16-,18+/m0/s1. The zero-order valence-electron chi connectivity index (χ0n) is 17.9. The van der Waals surface area contributed by atoms with Crippen LogP contribution in [0.2, 0.25) is 0 Å². The fourth-order valence-electron chi connectivity index (χ4n) is 4.53. The van der Waals surface area contributed by atoms with Crippen molar-refractivity contribution in [2.45, 2.75) is 58.0 Å². The maximum Gasteiger partial charge on any atom is 0.303 e. The first-order valence-electron chi connectivity index (χ1n) is 10.6. The van der Waals surface area contributed by atoms with Crippen LogP contribution in [0.15, 0.2) is 6.07 Å². The lowest BCUT2D eigenvalue weighted by atomic mass is 9.86. The Bertz CT molecular complexity index is 645. The van der Waals surface area contributed by atoms with E-state index in [0.717, 1.165) is 70.0 Å². The number of piperazine rings is 1. The van der Waals surface area contributed by atoms with Gasteiger partial charge in [0.2, 0.25) is 0 Å². The summed E-state index contributed by atoms with van der Waals surface area (Å²) in [5.41, 5.74) is 2.30. The van der Waals surface area contributed by atoms with Crippen LogP contribution in [0.3, 0.4) is 0 Å². The smallest absolute Gasteiger partial charge is 0.303 e. The van der Waals surface area contributed by atoms with Crippen LogP contribution in [-0.2, 0) is 16.8 Å². The number of likely N-dealkylation sites (tertiary alicyclic amines) is 1. The Morgan fingerprint density at radius 3 is 2.57 bits per heavy atom. The van der Waals surface area contributed by atoms with E-state index in [0.29, 0.717) is 12.0 Å². The highest BCUT2D eigenvalue weighted by Gasteiger charge is 2.34. The van der Waals surface area contributed by atoms with Crippen molar-refractivity contribution in [1.29, 1.82) is 0 Å². The van der Waals surface area contributed by atoms with Crippen molar-refractivity contribution in [3.63, 3.8) is 0 Å². The van der Waals surface area contributed by atoms with Crippen LogP contribution in [0.1, 0.15) is 51.4 Å². The van der Waals surface area contributed by atoms with Crippen molar-refractivity contribution in [1.82, 2.24) is 24.9 Å². The summed E-state index contributed by atoms with van der Waals surface area (Å²) in [6, 6.07) is 2.69. The van der Waals surface area contributed by atoms with Crippen LogP contribution in [0.4, 0.5) is 0 Å². The Balaban J connectivity index is 1.63. The second kappa shape index (κ2) is 8.93. The third-order valence-corrected chi connectivity index (χ3v) is 6.31. The number of hydrogen-bond donors (Lipinski definition) is 2. The Kier molecular flexibility index (Phi) is 6.78. The largest absolute Gasteiger partial charge is 0.481 e. The molecule has 158 valence electrons. The summed E-state index contributed by atoms with van der Waals surface area (Å²) < 4.78 is 0. The molecule has 7 nitrogen and oxygen atoms in total. The van der Waals surface area contributed by atoms with Gasteiger partial charge >= 0.3 is 5.97 Å². The molecule has 7 heteroatoms. The minimum atomic E-state index is -0.683. The lowest BCUT2D eigenvalue weighted by molar-refractivity contribution is -0.137. The van der Waals surface area contributed by atoms with Gasteiger partial charge in [-0.05, 0) is 31.9 Å². The van der Waals surface area contributed by atoms with E-state index in [4.69, 9.17) is 0 Å². The fourth-order valence-corrected chi connectivity index (χ4v) is 4.53. The van der Waals surface area contributed by atoms with Crippen molar-refractivity contribution in [3.05, 3.63) is 17.5 Å². The van der Waals surface area contributed by atoms with Crippen molar-refractivity contribution < 1.29 is 9.90 Å². The molecule has 0 saturated carbocycles. The summed E-state index contributed by atoms with van der Waals surface area (Å²) in [6.45, 7) is 13.8. The van der Waals surface area contributed by atoms with Gasteiger partial charge in [-0.3, -0.25) is 19.7 Å². The minimum absolute atomic E-state index is 0.0488. The lowest BCUT2D eigenvalue weighted by Crippen LogP contribution is -2.56. The van der Waals surface area contributed by atoms with E-state index in [2.05, 4.69) is 58.8 Å². The van der Waals surface area contributed by atoms with Crippen LogP contribution < -0.4 is 0 Å². The lowest BCUT2D eigenvalue weighted by Gasteiger charge is -2.46. The average Bonchev–Trinajstić information content (AvgIpc) is 3.10. The summed E-state index contributed by atoms with van der Waals surface area (Å²) >= 11 is 0. The molecule has 0 aliphatic carbocycles. The molecule has 0 spiro atoms. The molecule has 0 aromatic carbocycles. The predicted molar refractivity (Wildman–Crippen MR) is 110 cm³/mol. The molecule has 2 saturated heterocycles. The maximum atomic E-state index is 11.2. The molecule has 0 radical (unpaired) electrons. The number of carbonyl (C=O) groups is 1. The summed E-state index contributed by atoms with van der Waals surface area (Å²) in [4.78, 5) is 18.6. The molecule has 2 N–H and O–H groups in total. The van der Waals surface area contributed by atoms with Crippen LogP contribution in [0.25, 0.3) is 0 Å². The number of carboxylic acids is 1. The summed E-state index contributed by atoms with van der Waals surface area (Å²) in [5, 5.41) is 16.9. The van der Waals surface area contributed by atoms with E-state index in [1.165, 1.54) is 0 Å². The molecule has 0 bridgehead atoms. The number of rotatable bonds is 6. The molecule has 2 atom stereocenters. The van der Waals surface area contributed by atoms with Gasteiger partial charge in [-0.25, -0.2) is 0 Å². The van der Waals surface area contributed by atoms with E-state index in [9.17, 15) is 9.90 Å². The topological polar surface area (TPSA) is 75.7 Å². The second-order valence-corrected chi connectivity index (χ2v) is 9.65. The number of carboxylic acid groups (broad SMARTS) is 1. The molecule has 28 heavy (non-hydrogen) atoms. The highest BCUT2D eigenvalue weighted by atomic mass is 16.4. The first kappa shape index (κ1) is 21.3. The van der Waals surface area contributed by atoms with Gasteiger partial charge in [-0.1, -0.05) is 20.8 Å². The number of H-pyrrole nitrogens is 1. The average molecular weight is 392 g/mol. The molecule has 2 aliphatic rings. The molecule has 3 heterocycles. The Labute approximate surface area is 169 Å². The number of piperidine rings is 1. The van der Waals surface area contributed by atoms with Gasteiger partial charge in [0.1, 0.15) is 0 Å². The van der Waals surface area contributed by atoms with Gasteiger partial charge < -0.3 is 10.0 Å². The summed E-state index contributed by atoms with van der Waals surface area (Å²) in [6.07, 6.45) is 2.15. The molecule has 0 unspecified atom stereocenters. The number of likely N-dealkylation sites (N-methyl/N-ethyl adjacent to an activating group) is 1. The summed E-state index contributed by atoms with van der Waals surface area (Å²) in [7, 11) is 2.18.